The fourth-order valence-electron chi connectivity index (χ4n) is 3.11. The minimum absolute atomic E-state index is 0.213. The van der Waals surface area contributed by atoms with Gasteiger partial charge in [-0.2, -0.15) is 5.10 Å². The molecule has 2 aromatic heterocycles. The number of primary amides is 1. The van der Waals surface area contributed by atoms with Crippen molar-refractivity contribution in [2.75, 3.05) is 5.32 Å². The first kappa shape index (κ1) is 19.1. The number of fused-ring (bicyclic) bond motifs is 1. The fourth-order valence-corrected chi connectivity index (χ4v) is 3.11. The fraction of sp³-hybridized carbons (Fsp3) is 0.0952. The Balaban J connectivity index is 1.57. The number of rotatable bonds is 5. The molecular formula is C21H18N6O3. The first-order valence-corrected chi connectivity index (χ1v) is 9.13. The summed E-state index contributed by atoms with van der Waals surface area (Å²) in [5, 5.41) is 7.29. The topological polar surface area (TPSA) is 125 Å². The van der Waals surface area contributed by atoms with Crippen molar-refractivity contribution in [3.63, 3.8) is 0 Å². The normalized spacial score (nSPS) is 10.8. The lowest BCUT2D eigenvalue weighted by molar-refractivity contribution is -0.116. The number of aromatic nitrogens is 4. The first-order chi connectivity index (χ1) is 14.4. The molecule has 30 heavy (non-hydrogen) atoms. The van der Waals surface area contributed by atoms with Gasteiger partial charge in [0.15, 0.2) is 5.65 Å². The molecule has 0 fully saturated rings. The second-order valence-corrected chi connectivity index (χ2v) is 6.75. The summed E-state index contributed by atoms with van der Waals surface area (Å²) < 4.78 is 2.83. The zero-order chi connectivity index (χ0) is 21.3. The van der Waals surface area contributed by atoms with E-state index in [0.29, 0.717) is 22.3 Å². The van der Waals surface area contributed by atoms with E-state index in [2.05, 4.69) is 15.4 Å². The van der Waals surface area contributed by atoms with Crippen LogP contribution in [-0.2, 0) is 11.3 Å². The first-order valence-electron chi connectivity index (χ1n) is 9.13. The zero-order valence-corrected chi connectivity index (χ0v) is 16.1. The monoisotopic (exact) mass is 402 g/mol. The van der Waals surface area contributed by atoms with Crippen LogP contribution in [0.25, 0.3) is 16.7 Å². The van der Waals surface area contributed by atoms with E-state index in [1.165, 1.54) is 29.2 Å². The van der Waals surface area contributed by atoms with Gasteiger partial charge in [-0.15, -0.1) is 0 Å². The maximum atomic E-state index is 12.8. The second kappa shape index (κ2) is 7.63. The number of benzene rings is 2. The number of carbonyl (C=O) groups excluding carboxylic acids is 2. The minimum atomic E-state index is -0.551. The van der Waals surface area contributed by atoms with E-state index in [9.17, 15) is 14.4 Å². The van der Waals surface area contributed by atoms with Crippen molar-refractivity contribution in [1.29, 1.82) is 0 Å². The van der Waals surface area contributed by atoms with Gasteiger partial charge in [-0.1, -0.05) is 18.2 Å². The van der Waals surface area contributed by atoms with Crippen LogP contribution in [0.5, 0.6) is 0 Å². The number of amides is 2. The van der Waals surface area contributed by atoms with Gasteiger partial charge in [-0.25, -0.2) is 9.67 Å². The molecule has 150 valence electrons. The van der Waals surface area contributed by atoms with Crippen molar-refractivity contribution in [3.8, 4) is 5.69 Å². The van der Waals surface area contributed by atoms with E-state index in [1.807, 2.05) is 31.2 Å². The Bertz CT molecular complexity index is 1320. The molecule has 0 atom stereocenters. The van der Waals surface area contributed by atoms with E-state index < -0.39 is 11.8 Å². The van der Waals surface area contributed by atoms with Crippen molar-refractivity contribution >= 4 is 28.5 Å². The number of hydrogen-bond donors (Lipinski definition) is 2. The summed E-state index contributed by atoms with van der Waals surface area (Å²) in [7, 11) is 0. The van der Waals surface area contributed by atoms with Gasteiger partial charge >= 0.3 is 0 Å². The molecule has 0 aliphatic rings. The van der Waals surface area contributed by atoms with Gasteiger partial charge in [-0.3, -0.25) is 19.0 Å². The number of carbonyl (C=O) groups is 2. The summed E-state index contributed by atoms with van der Waals surface area (Å²) in [5.74, 6) is -0.957. The Kier molecular flexibility index (Phi) is 4.85. The van der Waals surface area contributed by atoms with Crippen molar-refractivity contribution in [2.24, 2.45) is 5.73 Å². The van der Waals surface area contributed by atoms with Crippen LogP contribution < -0.4 is 16.6 Å². The van der Waals surface area contributed by atoms with Crippen LogP contribution in [0.2, 0.25) is 0 Å². The highest BCUT2D eigenvalue weighted by Gasteiger charge is 2.14. The van der Waals surface area contributed by atoms with Crippen LogP contribution in [0.4, 0.5) is 5.69 Å². The summed E-state index contributed by atoms with van der Waals surface area (Å²) in [5.41, 5.74) is 7.91. The molecule has 0 aliphatic carbocycles. The van der Waals surface area contributed by atoms with Crippen LogP contribution in [0.3, 0.4) is 0 Å². The summed E-state index contributed by atoms with van der Waals surface area (Å²) in [6, 6.07) is 13.8. The molecule has 9 nitrogen and oxygen atoms in total. The van der Waals surface area contributed by atoms with Crippen LogP contribution in [-0.4, -0.2) is 31.1 Å². The number of anilines is 1. The highest BCUT2D eigenvalue weighted by atomic mass is 16.2. The summed E-state index contributed by atoms with van der Waals surface area (Å²) in [6.45, 7) is 1.74. The maximum absolute atomic E-state index is 12.8. The molecule has 4 aromatic rings. The van der Waals surface area contributed by atoms with E-state index in [-0.39, 0.29) is 12.1 Å². The SMILES string of the molecule is Cc1ccccc1-n1ncc2c(=O)n(CC(=O)Nc3ccc(C(N)=O)cc3)cnc21. The third-order valence-electron chi connectivity index (χ3n) is 4.67. The summed E-state index contributed by atoms with van der Waals surface area (Å²) >= 11 is 0. The third kappa shape index (κ3) is 3.55. The van der Waals surface area contributed by atoms with Crippen LogP contribution >= 0.6 is 0 Å². The number of para-hydroxylation sites is 1. The number of nitrogens with one attached hydrogen (secondary N) is 1. The molecule has 3 N–H and O–H groups in total. The molecule has 2 amide bonds. The van der Waals surface area contributed by atoms with Crippen LogP contribution in [0.1, 0.15) is 15.9 Å². The molecule has 0 unspecified atom stereocenters. The van der Waals surface area contributed by atoms with Gasteiger partial charge in [0, 0.05) is 11.3 Å². The molecule has 2 aromatic carbocycles. The van der Waals surface area contributed by atoms with E-state index >= 15 is 0 Å². The molecule has 0 saturated carbocycles. The molecule has 0 radical (unpaired) electrons. The van der Waals surface area contributed by atoms with Crippen LogP contribution in [0.15, 0.2) is 65.8 Å². The quantitative estimate of drug-likeness (QED) is 0.525. The van der Waals surface area contributed by atoms with Crippen molar-refractivity contribution in [1.82, 2.24) is 19.3 Å². The van der Waals surface area contributed by atoms with E-state index in [1.54, 1.807) is 16.8 Å². The Labute approximate surface area is 170 Å². The lowest BCUT2D eigenvalue weighted by atomic mass is 10.2. The maximum Gasteiger partial charge on any atom is 0.264 e. The predicted octanol–water partition coefficient (Wildman–Crippen LogP) is 1.63. The average molecular weight is 402 g/mol. The Morgan fingerprint density at radius 3 is 2.53 bits per heavy atom. The number of nitrogens with zero attached hydrogens (tertiary/aromatic N) is 4. The molecule has 0 aliphatic heterocycles. The molecule has 9 heteroatoms. The standard InChI is InChI=1S/C21H18N6O3/c1-13-4-2-3-5-17(13)27-20-16(10-24-27)21(30)26(12-23-20)11-18(28)25-15-8-6-14(7-9-15)19(22)29/h2-10,12H,11H2,1H3,(H2,22,29)(H,25,28). The predicted molar refractivity (Wildman–Crippen MR) is 111 cm³/mol. The smallest absolute Gasteiger partial charge is 0.264 e. The summed E-state index contributed by atoms with van der Waals surface area (Å²) in [6.07, 6.45) is 2.78. The molecule has 4 rings (SSSR count). The average Bonchev–Trinajstić information content (AvgIpc) is 3.15. The molecule has 2 heterocycles. The number of nitrogens with two attached hydrogens (primary N) is 1. The van der Waals surface area contributed by atoms with Gasteiger partial charge in [0.05, 0.1) is 11.9 Å². The van der Waals surface area contributed by atoms with Crippen molar-refractivity contribution in [3.05, 3.63) is 82.5 Å². The number of hydrogen-bond acceptors (Lipinski definition) is 5. The largest absolute Gasteiger partial charge is 0.366 e. The van der Waals surface area contributed by atoms with Gasteiger partial charge in [0.25, 0.3) is 5.56 Å². The highest BCUT2D eigenvalue weighted by Crippen LogP contribution is 2.17. The Hall–Kier alpha value is -4.27. The van der Waals surface area contributed by atoms with Gasteiger partial charge in [0.1, 0.15) is 18.3 Å². The van der Waals surface area contributed by atoms with Gasteiger partial charge in [-0.05, 0) is 42.8 Å². The van der Waals surface area contributed by atoms with Gasteiger partial charge in [0.2, 0.25) is 11.8 Å². The second-order valence-electron chi connectivity index (χ2n) is 6.75. The molecule has 0 bridgehead atoms. The van der Waals surface area contributed by atoms with E-state index in [4.69, 9.17) is 5.73 Å². The van der Waals surface area contributed by atoms with Crippen molar-refractivity contribution < 1.29 is 9.59 Å². The van der Waals surface area contributed by atoms with Crippen LogP contribution in [0, 0.1) is 6.92 Å². The number of aryl methyl sites for hydroxylation is 1. The minimum Gasteiger partial charge on any atom is -0.366 e. The Morgan fingerprint density at radius 1 is 1.10 bits per heavy atom. The van der Waals surface area contributed by atoms with Gasteiger partial charge < -0.3 is 11.1 Å². The third-order valence-corrected chi connectivity index (χ3v) is 4.67. The lowest BCUT2D eigenvalue weighted by Crippen LogP contribution is -2.27. The molecule has 0 spiro atoms. The van der Waals surface area contributed by atoms with Crippen molar-refractivity contribution in [2.45, 2.75) is 13.5 Å². The molecule has 0 saturated heterocycles. The Morgan fingerprint density at radius 2 is 1.83 bits per heavy atom. The lowest BCUT2D eigenvalue weighted by Gasteiger charge is -2.09. The van der Waals surface area contributed by atoms with E-state index in [0.717, 1.165) is 11.3 Å². The highest BCUT2D eigenvalue weighted by molar-refractivity contribution is 5.94. The summed E-state index contributed by atoms with van der Waals surface area (Å²) in [4.78, 5) is 40.6. The zero-order valence-electron chi connectivity index (χ0n) is 16.1. The molecular weight excluding hydrogens is 384 g/mol.